The third-order valence-electron chi connectivity index (χ3n) is 4.79. The Kier molecular flexibility index (Phi) is 10.7. The zero-order chi connectivity index (χ0) is 22.0. The zero-order valence-electron chi connectivity index (χ0n) is 16.2. The SMILES string of the molecule is C=CCN(N)c1ccccc1.OCC(CO)N[C@H]1C[C@](O)(CO)[C@@H](O)[C@H](O)[C@H]1O. The molecule has 2 rings (SSSR count). The van der Waals surface area contributed by atoms with E-state index in [1.165, 1.54) is 0 Å². The molecule has 0 spiro atoms. The van der Waals surface area contributed by atoms with Gasteiger partial charge in [-0.25, -0.2) is 5.84 Å². The number of hydrazine groups is 1. The molecule has 0 unspecified atom stereocenters. The van der Waals surface area contributed by atoms with Gasteiger partial charge in [0, 0.05) is 6.04 Å². The highest BCUT2D eigenvalue weighted by Gasteiger charge is 2.51. The molecule has 0 bridgehead atoms. The number of nitrogens with one attached hydrogen (secondary N) is 1. The first-order chi connectivity index (χ1) is 13.7. The Hall–Kier alpha value is -1.60. The second kappa shape index (κ2) is 12.2. The van der Waals surface area contributed by atoms with E-state index in [4.69, 9.17) is 21.2 Å². The number of aliphatic hydroxyl groups excluding tert-OH is 6. The summed E-state index contributed by atoms with van der Waals surface area (Å²) in [6.07, 6.45) is -3.14. The summed E-state index contributed by atoms with van der Waals surface area (Å²) in [5.41, 5.74) is -0.932. The number of hydrogen-bond donors (Lipinski definition) is 9. The molecular weight excluding hydrogens is 382 g/mol. The van der Waals surface area contributed by atoms with Crippen molar-refractivity contribution in [3.63, 3.8) is 0 Å². The molecule has 0 heterocycles. The monoisotopic (exact) mass is 415 g/mol. The van der Waals surface area contributed by atoms with Gasteiger partial charge in [0.05, 0.1) is 44.2 Å². The summed E-state index contributed by atoms with van der Waals surface area (Å²) in [5, 5.41) is 70.1. The van der Waals surface area contributed by atoms with Gasteiger partial charge in [-0.15, -0.1) is 6.58 Å². The standard InChI is InChI=1S/C10H21NO7.C9H12N2/c12-2-5(3-13)11-6-1-10(18,4-14)9(17)8(16)7(6)15;1-2-8-11(10)9-6-4-3-5-7-9/h5-9,11-18H,1-4H2;2-7H,1,8,10H2/t6-,7-,8+,9-,10-;/m0./s1. The van der Waals surface area contributed by atoms with Crippen LogP contribution in [0.5, 0.6) is 0 Å². The number of hydrogen-bond acceptors (Lipinski definition) is 10. The quantitative estimate of drug-likeness (QED) is 0.121. The van der Waals surface area contributed by atoms with Crippen molar-refractivity contribution in [2.75, 3.05) is 31.4 Å². The second-order valence-corrected chi connectivity index (χ2v) is 7.00. The van der Waals surface area contributed by atoms with E-state index in [-0.39, 0.29) is 6.42 Å². The second-order valence-electron chi connectivity index (χ2n) is 7.00. The number of nitrogens with two attached hydrogens (primary N) is 1. The number of benzene rings is 1. The average Bonchev–Trinajstić information content (AvgIpc) is 2.75. The van der Waals surface area contributed by atoms with E-state index in [0.29, 0.717) is 6.54 Å². The van der Waals surface area contributed by atoms with Gasteiger partial charge in [0.25, 0.3) is 0 Å². The van der Waals surface area contributed by atoms with Crippen molar-refractivity contribution < 1.29 is 35.7 Å². The summed E-state index contributed by atoms with van der Waals surface area (Å²) in [4.78, 5) is 0. The summed E-state index contributed by atoms with van der Waals surface area (Å²) in [5.74, 6) is 5.67. The highest BCUT2D eigenvalue weighted by molar-refractivity contribution is 5.44. The third-order valence-corrected chi connectivity index (χ3v) is 4.79. The highest BCUT2D eigenvalue weighted by atomic mass is 16.4. The lowest BCUT2D eigenvalue weighted by Gasteiger charge is -2.46. The molecule has 166 valence electrons. The van der Waals surface area contributed by atoms with E-state index in [9.17, 15) is 20.4 Å². The minimum atomic E-state index is -1.94. The fourth-order valence-corrected chi connectivity index (χ4v) is 3.01. The van der Waals surface area contributed by atoms with Gasteiger partial charge >= 0.3 is 0 Å². The largest absolute Gasteiger partial charge is 0.395 e. The number of nitrogens with zero attached hydrogens (tertiary/aromatic N) is 1. The topological polar surface area (TPSA) is 183 Å². The van der Waals surface area contributed by atoms with Gasteiger partial charge in [0.15, 0.2) is 0 Å². The Morgan fingerprint density at radius 2 is 1.72 bits per heavy atom. The lowest BCUT2D eigenvalue weighted by molar-refractivity contribution is -0.207. The molecule has 5 atom stereocenters. The van der Waals surface area contributed by atoms with Crippen LogP contribution in [0.4, 0.5) is 5.69 Å². The van der Waals surface area contributed by atoms with Crippen molar-refractivity contribution in [2.45, 2.75) is 42.4 Å². The number of aliphatic hydroxyl groups is 7. The maximum atomic E-state index is 9.93. The predicted octanol–water partition coefficient (Wildman–Crippen LogP) is -2.94. The van der Waals surface area contributed by atoms with Crippen LogP contribution in [0.1, 0.15) is 6.42 Å². The first-order valence-electron chi connectivity index (χ1n) is 9.27. The molecule has 1 aromatic rings. The summed E-state index contributed by atoms with van der Waals surface area (Å²) >= 11 is 0. The van der Waals surface area contributed by atoms with Gasteiger partial charge in [-0.2, -0.15) is 0 Å². The van der Waals surface area contributed by atoms with Gasteiger partial charge in [0.1, 0.15) is 17.8 Å². The highest BCUT2D eigenvalue weighted by Crippen LogP contribution is 2.29. The molecule has 1 fully saturated rings. The molecule has 1 aromatic carbocycles. The molecule has 1 aliphatic rings. The van der Waals surface area contributed by atoms with E-state index in [0.717, 1.165) is 5.69 Å². The molecule has 1 saturated carbocycles. The van der Waals surface area contributed by atoms with Crippen molar-refractivity contribution in [1.82, 2.24) is 5.32 Å². The van der Waals surface area contributed by atoms with Crippen molar-refractivity contribution in [2.24, 2.45) is 5.84 Å². The molecule has 29 heavy (non-hydrogen) atoms. The van der Waals surface area contributed by atoms with Crippen LogP contribution in [0.25, 0.3) is 0 Å². The third kappa shape index (κ3) is 7.00. The molecule has 10 N–H and O–H groups in total. The smallest absolute Gasteiger partial charge is 0.118 e. The summed E-state index contributed by atoms with van der Waals surface area (Å²) in [6, 6.07) is 8.20. The minimum Gasteiger partial charge on any atom is -0.395 e. The fraction of sp³-hybridized carbons (Fsp3) is 0.579. The van der Waals surface area contributed by atoms with Gasteiger partial charge in [-0.05, 0) is 18.6 Å². The first kappa shape index (κ1) is 25.4. The summed E-state index contributed by atoms with van der Waals surface area (Å²) in [7, 11) is 0. The molecule has 0 amide bonds. The van der Waals surface area contributed by atoms with Crippen LogP contribution in [0.2, 0.25) is 0 Å². The molecule has 0 radical (unpaired) electrons. The minimum absolute atomic E-state index is 0.223. The van der Waals surface area contributed by atoms with Gasteiger partial charge in [0.2, 0.25) is 0 Å². The molecule has 0 aliphatic heterocycles. The average molecular weight is 415 g/mol. The van der Waals surface area contributed by atoms with Crippen LogP contribution < -0.4 is 16.2 Å². The van der Waals surface area contributed by atoms with Crippen LogP contribution >= 0.6 is 0 Å². The van der Waals surface area contributed by atoms with Gasteiger partial charge in [-0.3, -0.25) is 0 Å². The number of para-hydroxylation sites is 1. The number of rotatable bonds is 8. The Bertz CT molecular complexity index is 590. The predicted molar refractivity (Wildman–Crippen MR) is 108 cm³/mol. The summed E-state index contributed by atoms with van der Waals surface area (Å²) in [6.45, 7) is 2.71. The Morgan fingerprint density at radius 1 is 1.14 bits per heavy atom. The number of anilines is 1. The van der Waals surface area contributed by atoms with Crippen LogP contribution in [-0.4, -0.2) is 98.1 Å². The lowest BCUT2D eigenvalue weighted by atomic mass is 9.76. The Morgan fingerprint density at radius 3 is 2.21 bits per heavy atom. The fourth-order valence-electron chi connectivity index (χ4n) is 3.01. The van der Waals surface area contributed by atoms with E-state index >= 15 is 0 Å². The zero-order valence-corrected chi connectivity index (χ0v) is 16.2. The maximum Gasteiger partial charge on any atom is 0.118 e. The van der Waals surface area contributed by atoms with Gasteiger partial charge < -0.3 is 46.1 Å². The first-order valence-corrected chi connectivity index (χ1v) is 9.27. The van der Waals surface area contributed by atoms with Crippen molar-refractivity contribution in [1.29, 1.82) is 0 Å². The molecule has 10 nitrogen and oxygen atoms in total. The van der Waals surface area contributed by atoms with Crippen LogP contribution in [0.15, 0.2) is 43.0 Å². The summed E-state index contributed by atoms with van der Waals surface area (Å²) < 4.78 is 0. The van der Waals surface area contributed by atoms with Crippen molar-refractivity contribution >= 4 is 5.69 Å². The van der Waals surface area contributed by atoms with Crippen LogP contribution in [0, 0.1) is 0 Å². The molecule has 10 heteroatoms. The normalized spacial score (nSPS) is 29.1. The Balaban J connectivity index is 0.000000326. The molecule has 1 aliphatic carbocycles. The lowest BCUT2D eigenvalue weighted by Crippen LogP contribution is -2.68. The van der Waals surface area contributed by atoms with E-state index in [2.05, 4.69) is 11.9 Å². The van der Waals surface area contributed by atoms with E-state index in [1.807, 2.05) is 30.3 Å². The van der Waals surface area contributed by atoms with Crippen molar-refractivity contribution in [3.8, 4) is 0 Å². The van der Waals surface area contributed by atoms with Crippen LogP contribution in [-0.2, 0) is 0 Å². The maximum absolute atomic E-state index is 9.93. The van der Waals surface area contributed by atoms with E-state index in [1.54, 1.807) is 11.1 Å². The van der Waals surface area contributed by atoms with Gasteiger partial charge in [-0.1, -0.05) is 24.3 Å². The Labute approximate surface area is 170 Å². The van der Waals surface area contributed by atoms with Crippen LogP contribution in [0.3, 0.4) is 0 Å². The molecule has 0 aromatic heterocycles. The molecular formula is C19H33N3O7. The van der Waals surface area contributed by atoms with E-state index < -0.39 is 55.8 Å². The van der Waals surface area contributed by atoms with Crippen molar-refractivity contribution in [3.05, 3.63) is 43.0 Å². The molecule has 0 saturated heterocycles.